The lowest BCUT2D eigenvalue weighted by Crippen LogP contribution is -2.20. The van der Waals surface area contributed by atoms with Gasteiger partial charge in [0.2, 0.25) is 10.0 Å². The average molecular weight is 307 g/mol. The van der Waals surface area contributed by atoms with Gasteiger partial charge in [-0.1, -0.05) is 13.3 Å². The molecular formula is C12H15F2NO4S. The zero-order valence-electron chi connectivity index (χ0n) is 11.0. The monoisotopic (exact) mass is 307 g/mol. The summed E-state index contributed by atoms with van der Waals surface area (Å²) in [4.78, 5) is 10.8. The molecule has 1 atom stereocenters. The van der Waals surface area contributed by atoms with Gasteiger partial charge < -0.3 is 4.74 Å². The first kappa shape index (κ1) is 16.5. The van der Waals surface area contributed by atoms with Crippen LogP contribution in [0.1, 0.15) is 37.0 Å². The molecule has 0 saturated heterocycles. The SMILES string of the molecule is CCCC(C)OC(=O)c1c(F)ccc(S(N)(=O)=O)c1F. The molecule has 0 aliphatic heterocycles. The van der Waals surface area contributed by atoms with Crippen molar-refractivity contribution in [2.75, 3.05) is 0 Å². The first-order valence-electron chi connectivity index (χ1n) is 5.90. The maximum Gasteiger partial charge on any atom is 0.344 e. The Labute approximate surface area is 115 Å². The molecule has 112 valence electrons. The van der Waals surface area contributed by atoms with E-state index in [0.29, 0.717) is 18.6 Å². The maximum absolute atomic E-state index is 13.9. The van der Waals surface area contributed by atoms with Gasteiger partial charge in [-0.05, 0) is 25.5 Å². The molecule has 0 saturated carbocycles. The van der Waals surface area contributed by atoms with E-state index in [1.54, 1.807) is 6.92 Å². The molecule has 0 aliphatic rings. The molecule has 2 N–H and O–H groups in total. The van der Waals surface area contributed by atoms with Crippen LogP contribution in [0.25, 0.3) is 0 Å². The van der Waals surface area contributed by atoms with E-state index in [2.05, 4.69) is 0 Å². The summed E-state index contributed by atoms with van der Waals surface area (Å²) in [5.74, 6) is -4.00. The summed E-state index contributed by atoms with van der Waals surface area (Å²) < 4.78 is 54.6. The van der Waals surface area contributed by atoms with E-state index in [9.17, 15) is 22.0 Å². The second-order valence-electron chi connectivity index (χ2n) is 4.28. The van der Waals surface area contributed by atoms with Crippen LogP contribution in [0.15, 0.2) is 17.0 Å². The van der Waals surface area contributed by atoms with Gasteiger partial charge in [-0.2, -0.15) is 0 Å². The fourth-order valence-corrected chi connectivity index (χ4v) is 2.26. The molecule has 8 heteroatoms. The molecule has 0 bridgehead atoms. The molecule has 0 fully saturated rings. The number of halogens is 2. The molecule has 0 aliphatic carbocycles. The van der Waals surface area contributed by atoms with Crippen molar-refractivity contribution in [2.45, 2.75) is 37.7 Å². The number of rotatable bonds is 5. The Hall–Kier alpha value is -1.54. The summed E-state index contributed by atoms with van der Waals surface area (Å²) in [6, 6.07) is 1.32. The summed E-state index contributed by atoms with van der Waals surface area (Å²) in [5.41, 5.74) is -1.06. The molecular weight excluding hydrogens is 292 g/mol. The number of nitrogens with two attached hydrogens (primary N) is 1. The topological polar surface area (TPSA) is 86.5 Å². The van der Waals surface area contributed by atoms with Gasteiger partial charge in [0.1, 0.15) is 16.3 Å². The second kappa shape index (κ2) is 6.27. The fraction of sp³-hybridized carbons (Fsp3) is 0.417. The molecule has 1 rings (SSSR count). The highest BCUT2D eigenvalue weighted by atomic mass is 32.2. The molecule has 0 heterocycles. The van der Waals surface area contributed by atoms with Crippen LogP contribution in [0.2, 0.25) is 0 Å². The van der Waals surface area contributed by atoms with Crippen molar-refractivity contribution in [3.8, 4) is 0 Å². The predicted octanol–water partition coefficient (Wildman–Crippen LogP) is 1.96. The third kappa shape index (κ3) is 3.73. The zero-order valence-corrected chi connectivity index (χ0v) is 11.8. The summed E-state index contributed by atoms with van der Waals surface area (Å²) in [7, 11) is -4.39. The highest BCUT2D eigenvalue weighted by Gasteiger charge is 2.27. The number of esters is 1. The second-order valence-corrected chi connectivity index (χ2v) is 5.81. The molecule has 1 unspecified atom stereocenters. The highest BCUT2D eigenvalue weighted by Crippen LogP contribution is 2.21. The predicted molar refractivity (Wildman–Crippen MR) is 67.5 cm³/mol. The lowest BCUT2D eigenvalue weighted by molar-refractivity contribution is 0.0312. The minimum atomic E-state index is -4.39. The Morgan fingerprint density at radius 2 is 2.00 bits per heavy atom. The van der Waals surface area contributed by atoms with Crippen LogP contribution >= 0.6 is 0 Å². The standard InChI is InChI=1S/C12H15F2NO4S/c1-3-4-7(2)19-12(16)10-8(13)5-6-9(11(10)14)20(15,17)18/h5-7H,3-4H2,1-2H3,(H2,15,17,18). The van der Waals surface area contributed by atoms with Crippen molar-refractivity contribution < 1.29 is 26.7 Å². The van der Waals surface area contributed by atoms with Gasteiger partial charge in [0, 0.05) is 0 Å². The largest absolute Gasteiger partial charge is 0.459 e. The number of hydrogen-bond donors (Lipinski definition) is 1. The normalized spacial score (nSPS) is 13.1. The van der Waals surface area contributed by atoms with Crippen LogP contribution in [-0.2, 0) is 14.8 Å². The molecule has 0 spiro atoms. The van der Waals surface area contributed by atoms with Crippen LogP contribution in [0.5, 0.6) is 0 Å². The van der Waals surface area contributed by atoms with Crippen molar-refractivity contribution >= 4 is 16.0 Å². The minimum absolute atomic E-state index is 0.518. The van der Waals surface area contributed by atoms with Crippen molar-refractivity contribution in [3.05, 3.63) is 29.3 Å². The van der Waals surface area contributed by atoms with Gasteiger partial charge in [-0.15, -0.1) is 0 Å². The average Bonchev–Trinajstić information content (AvgIpc) is 2.26. The van der Waals surface area contributed by atoms with Gasteiger partial charge in [-0.3, -0.25) is 0 Å². The molecule has 1 aromatic carbocycles. The number of carbonyl (C=O) groups excluding carboxylic acids is 1. The number of primary sulfonamides is 1. The Kier molecular flexibility index (Phi) is 5.18. The van der Waals surface area contributed by atoms with Crippen LogP contribution in [0, 0.1) is 11.6 Å². The van der Waals surface area contributed by atoms with E-state index in [1.165, 1.54) is 0 Å². The van der Waals surface area contributed by atoms with E-state index in [0.717, 1.165) is 6.42 Å². The maximum atomic E-state index is 13.9. The molecule has 0 aromatic heterocycles. The van der Waals surface area contributed by atoms with E-state index in [1.807, 2.05) is 6.92 Å². The highest BCUT2D eigenvalue weighted by molar-refractivity contribution is 7.89. The van der Waals surface area contributed by atoms with Crippen molar-refractivity contribution in [3.63, 3.8) is 0 Å². The van der Waals surface area contributed by atoms with Gasteiger partial charge >= 0.3 is 5.97 Å². The number of hydrogen-bond acceptors (Lipinski definition) is 4. The van der Waals surface area contributed by atoms with Gasteiger partial charge in [0.15, 0.2) is 5.82 Å². The first-order chi connectivity index (χ1) is 9.18. The minimum Gasteiger partial charge on any atom is -0.459 e. The zero-order chi connectivity index (χ0) is 15.5. The molecule has 1 aromatic rings. The van der Waals surface area contributed by atoms with E-state index >= 15 is 0 Å². The Balaban J connectivity index is 3.21. The van der Waals surface area contributed by atoms with Crippen molar-refractivity contribution in [1.29, 1.82) is 0 Å². The van der Waals surface area contributed by atoms with Crippen molar-refractivity contribution in [2.24, 2.45) is 5.14 Å². The van der Waals surface area contributed by atoms with Crippen LogP contribution in [0.3, 0.4) is 0 Å². The lowest BCUT2D eigenvalue weighted by atomic mass is 10.2. The third-order valence-corrected chi connectivity index (χ3v) is 3.50. The summed E-state index contributed by atoms with van der Waals surface area (Å²) in [6.07, 6.45) is 0.699. The number of carbonyl (C=O) groups is 1. The molecule has 0 amide bonds. The lowest BCUT2D eigenvalue weighted by Gasteiger charge is -2.13. The molecule has 0 radical (unpaired) electrons. The number of benzene rings is 1. The molecule has 5 nitrogen and oxygen atoms in total. The van der Waals surface area contributed by atoms with Crippen molar-refractivity contribution in [1.82, 2.24) is 0 Å². The summed E-state index contributed by atoms with van der Waals surface area (Å²) >= 11 is 0. The molecule has 20 heavy (non-hydrogen) atoms. The summed E-state index contributed by atoms with van der Waals surface area (Å²) in [6.45, 7) is 3.42. The van der Waals surface area contributed by atoms with E-state index < -0.39 is 44.2 Å². The van der Waals surface area contributed by atoms with Gasteiger partial charge in [0.05, 0.1) is 6.10 Å². The Morgan fingerprint density at radius 1 is 1.40 bits per heavy atom. The Morgan fingerprint density at radius 3 is 2.50 bits per heavy atom. The van der Waals surface area contributed by atoms with Gasteiger partial charge in [-0.25, -0.2) is 27.1 Å². The number of sulfonamides is 1. The fourth-order valence-electron chi connectivity index (χ4n) is 1.65. The van der Waals surface area contributed by atoms with Crippen LogP contribution < -0.4 is 5.14 Å². The van der Waals surface area contributed by atoms with E-state index in [-0.39, 0.29) is 0 Å². The van der Waals surface area contributed by atoms with E-state index in [4.69, 9.17) is 9.88 Å². The van der Waals surface area contributed by atoms with Crippen LogP contribution in [0.4, 0.5) is 8.78 Å². The quantitative estimate of drug-likeness (QED) is 0.842. The van der Waals surface area contributed by atoms with Crippen LogP contribution in [-0.4, -0.2) is 20.5 Å². The summed E-state index contributed by atoms with van der Waals surface area (Å²) in [5, 5.41) is 4.78. The third-order valence-electron chi connectivity index (χ3n) is 2.57. The Bertz CT molecular complexity index is 616. The number of ether oxygens (including phenoxy) is 1. The smallest absolute Gasteiger partial charge is 0.344 e. The first-order valence-corrected chi connectivity index (χ1v) is 7.44. The van der Waals surface area contributed by atoms with Gasteiger partial charge in [0.25, 0.3) is 0 Å².